The molecule has 0 aliphatic carbocycles. The predicted octanol–water partition coefficient (Wildman–Crippen LogP) is 3.79. The van der Waals surface area contributed by atoms with Crippen LogP contribution in [0.3, 0.4) is 0 Å². The summed E-state index contributed by atoms with van der Waals surface area (Å²) < 4.78 is 26.9. The molecule has 2 aromatic rings. The van der Waals surface area contributed by atoms with Gasteiger partial charge in [0.05, 0.1) is 6.54 Å². The van der Waals surface area contributed by atoms with Crippen LogP contribution in [0.25, 0.3) is 0 Å². The SMILES string of the molecule is CCNC(=NCc1ccc(O)c(F)c1)NCc1ccc(F)cc1CSC. The zero-order valence-electron chi connectivity index (χ0n) is 14.9. The number of guanidine groups is 1. The molecule has 0 aliphatic rings. The number of phenolic OH excluding ortho intramolecular Hbond substituents is 1. The van der Waals surface area contributed by atoms with Crippen LogP contribution in [0.2, 0.25) is 0 Å². The average molecular weight is 379 g/mol. The number of benzene rings is 2. The van der Waals surface area contributed by atoms with Crippen molar-refractivity contribution in [3.8, 4) is 5.75 Å². The molecule has 0 fully saturated rings. The molecule has 2 aromatic carbocycles. The van der Waals surface area contributed by atoms with Crippen LogP contribution in [-0.4, -0.2) is 23.9 Å². The number of phenols is 1. The normalized spacial score (nSPS) is 11.5. The van der Waals surface area contributed by atoms with Crippen molar-refractivity contribution in [1.82, 2.24) is 10.6 Å². The van der Waals surface area contributed by atoms with Crippen LogP contribution < -0.4 is 10.6 Å². The van der Waals surface area contributed by atoms with E-state index in [2.05, 4.69) is 15.6 Å². The number of rotatable bonds is 7. The first-order valence-electron chi connectivity index (χ1n) is 8.29. The monoisotopic (exact) mass is 379 g/mol. The highest BCUT2D eigenvalue weighted by atomic mass is 32.2. The van der Waals surface area contributed by atoms with Crippen molar-refractivity contribution in [3.05, 3.63) is 64.7 Å². The van der Waals surface area contributed by atoms with Crippen molar-refractivity contribution in [2.45, 2.75) is 25.8 Å². The topological polar surface area (TPSA) is 56.7 Å². The summed E-state index contributed by atoms with van der Waals surface area (Å²) >= 11 is 1.64. The van der Waals surface area contributed by atoms with Gasteiger partial charge < -0.3 is 15.7 Å². The molecule has 3 N–H and O–H groups in total. The predicted molar refractivity (Wildman–Crippen MR) is 103 cm³/mol. The summed E-state index contributed by atoms with van der Waals surface area (Å²) in [6, 6.07) is 8.97. The van der Waals surface area contributed by atoms with Gasteiger partial charge in [-0.25, -0.2) is 13.8 Å². The number of halogens is 2. The Labute approximate surface area is 156 Å². The van der Waals surface area contributed by atoms with Crippen LogP contribution in [0.1, 0.15) is 23.6 Å². The van der Waals surface area contributed by atoms with Crippen molar-refractivity contribution in [1.29, 1.82) is 0 Å². The molecular formula is C19H23F2N3OS. The van der Waals surface area contributed by atoms with Crippen LogP contribution in [-0.2, 0) is 18.8 Å². The second-order valence-corrected chi connectivity index (χ2v) is 6.55. The number of hydrogen-bond acceptors (Lipinski definition) is 3. The van der Waals surface area contributed by atoms with E-state index in [1.54, 1.807) is 30.0 Å². The fourth-order valence-electron chi connectivity index (χ4n) is 2.40. The van der Waals surface area contributed by atoms with E-state index in [0.717, 1.165) is 16.9 Å². The van der Waals surface area contributed by atoms with Crippen molar-refractivity contribution in [2.75, 3.05) is 12.8 Å². The molecular weight excluding hydrogens is 356 g/mol. The third-order valence-electron chi connectivity index (χ3n) is 3.69. The van der Waals surface area contributed by atoms with E-state index in [4.69, 9.17) is 0 Å². The Morgan fingerprint density at radius 3 is 2.62 bits per heavy atom. The summed E-state index contributed by atoms with van der Waals surface area (Å²) in [6.45, 7) is 3.41. The molecule has 7 heteroatoms. The van der Waals surface area contributed by atoms with Crippen molar-refractivity contribution in [3.63, 3.8) is 0 Å². The molecule has 26 heavy (non-hydrogen) atoms. The number of aromatic hydroxyl groups is 1. The van der Waals surface area contributed by atoms with E-state index in [-0.39, 0.29) is 18.1 Å². The molecule has 140 valence electrons. The zero-order chi connectivity index (χ0) is 18.9. The highest BCUT2D eigenvalue weighted by Gasteiger charge is 2.06. The first-order valence-corrected chi connectivity index (χ1v) is 9.68. The lowest BCUT2D eigenvalue weighted by atomic mass is 10.1. The number of hydrogen-bond donors (Lipinski definition) is 3. The second-order valence-electron chi connectivity index (χ2n) is 5.68. The van der Waals surface area contributed by atoms with Gasteiger partial charge in [0.2, 0.25) is 0 Å². The molecule has 2 rings (SSSR count). The van der Waals surface area contributed by atoms with Gasteiger partial charge in [-0.3, -0.25) is 0 Å². The average Bonchev–Trinajstić information content (AvgIpc) is 2.62. The lowest BCUT2D eigenvalue weighted by molar-refractivity contribution is 0.432. The first-order chi connectivity index (χ1) is 12.5. The minimum absolute atomic E-state index is 0.243. The highest BCUT2D eigenvalue weighted by Crippen LogP contribution is 2.17. The van der Waals surface area contributed by atoms with Gasteiger partial charge in [0.25, 0.3) is 0 Å². The van der Waals surface area contributed by atoms with Crippen molar-refractivity contribution in [2.24, 2.45) is 4.99 Å². The summed E-state index contributed by atoms with van der Waals surface area (Å²) in [4.78, 5) is 4.43. The maximum atomic E-state index is 13.4. The maximum absolute atomic E-state index is 13.4. The third-order valence-corrected chi connectivity index (χ3v) is 4.29. The van der Waals surface area contributed by atoms with E-state index < -0.39 is 5.82 Å². The van der Waals surface area contributed by atoms with Crippen molar-refractivity contribution < 1.29 is 13.9 Å². The van der Waals surface area contributed by atoms with Crippen LogP contribution in [0.5, 0.6) is 5.75 Å². The van der Waals surface area contributed by atoms with E-state index >= 15 is 0 Å². The van der Waals surface area contributed by atoms with Gasteiger partial charge in [0.1, 0.15) is 5.82 Å². The number of nitrogens with one attached hydrogen (secondary N) is 2. The molecule has 0 heterocycles. The molecule has 0 aliphatic heterocycles. The summed E-state index contributed by atoms with van der Waals surface area (Å²) in [5.41, 5.74) is 2.60. The van der Waals surface area contributed by atoms with Crippen LogP contribution >= 0.6 is 11.8 Å². The van der Waals surface area contributed by atoms with E-state index in [1.165, 1.54) is 18.2 Å². The second kappa shape index (κ2) is 10.0. The van der Waals surface area contributed by atoms with Crippen LogP contribution in [0.4, 0.5) is 8.78 Å². The Morgan fingerprint density at radius 1 is 1.12 bits per heavy atom. The van der Waals surface area contributed by atoms with E-state index in [0.29, 0.717) is 24.6 Å². The van der Waals surface area contributed by atoms with E-state index in [1.807, 2.05) is 13.2 Å². The largest absolute Gasteiger partial charge is 0.505 e. The van der Waals surface area contributed by atoms with Gasteiger partial charge in [0, 0.05) is 18.8 Å². The molecule has 0 saturated heterocycles. The van der Waals surface area contributed by atoms with Gasteiger partial charge in [-0.15, -0.1) is 0 Å². The van der Waals surface area contributed by atoms with Crippen LogP contribution in [0.15, 0.2) is 41.4 Å². The molecule has 4 nitrogen and oxygen atoms in total. The summed E-state index contributed by atoms with van der Waals surface area (Å²) in [6.07, 6.45) is 1.98. The zero-order valence-corrected chi connectivity index (χ0v) is 15.7. The molecule has 0 spiro atoms. The standard InChI is InChI=1S/C19H23F2N3OS/c1-3-22-19(23-10-13-4-7-18(25)17(21)8-13)24-11-14-5-6-16(20)9-15(14)12-26-2/h4-9,25H,3,10-12H2,1-2H3,(H2,22,23,24). The lowest BCUT2D eigenvalue weighted by Crippen LogP contribution is -2.37. The smallest absolute Gasteiger partial charge is 0.191 e. The molecule has 0 radical (unpaired) electrons. The fourth-order valence-corrected chi connectivity index (χ4v) is 2.98. The fraction of sp³-hybridized carbons (Fsp3) is 0.316. The Kier molecular flexibility index (Phi) is 7.72. The Balaban J connectivity index is 2.06. The Bertz CT molecular complexity index is 768. The minimum Gasteiger partial charge on any atom is -0.505 e. The quantitative estimate of drug-likeness (QED) is 0.506. The third kappa shape index (κ3) is 5.91. The van der Waals surface area contributed by atoms with Crippen molar-refractivity contribution >= 4 is 17.7 Å². The first kappa shape index (κ1) is 20.0. The van der Waals surface area contributed by atoms with Gasteiger partial charge >= 0.3 is 0 Å². The maximum Gasteiger partial charge on any atom is 0.191 e. The van der Waals surface area contributed by atoms with Gasteiger partial charge in [-0.05, 0) is 54.1 Å². The Hall–Kier alpha value is -2.28. The minimum atomic E-state index is -0.663. The number of nitrogens with zero attached hydrogens (tertiary/aromatic N) is 1. The van der Waals surface area contributed by atoms with Crippen LogP contribution in [0, 0.1) is 11.6 Å². The molecule has 0 saturated carbocycles. The summed E-state index contributed by atoms with van der Waals surface area (Å²) in [7, 11) is 0. The molecule has 0 amide bonds. The van der Waals surface area contributed by atoms with Gasteiger partial charge in [0.15, 0.2) is 17.5 Å². The number of thioether (sulfide) groups is 1. The van der Waals surface area contributed by atoms with Gasteiger partial charge in [-0.1, -0.05) is 12.1 Å². The Morgan fingerprint density at radius 2 is 1.92 bits per heavy atom. The lowest BCUT2D eigenvalue weighted by Gasteiger charge is -2.14. The molecule has 0 unspecified atom stereocenters. The summed E-state index contributed by atoms with van der Waals surface area (Å²) in [5.74, 6) is 0.0344. The molecule has 0 bridgehead atoms. The number of aliphatic imine (C=N–C) groups is 1. The van der Waals surface area contributed by atoms with Gasteiger partial charge in [-0.2, -0.15) is 11.8 Å². The highest BCUT2D eigenvalue weighted by molar-refractivity contribution is 7.97. The summed E-state index contributed by atoms with van der Waals surface area (Å²) in [5, 5.41) is 15.6. The molecule has 0 atom stereocenters. The molecule has 0 aromatic heterocycles. The van der Waals surface area contributed by atoms with E-state index in [9.17, 15) is 13.9 Å².